The van der Waals surface area contributed by atoms with E-state index in [1.54, 1.807) is 24.3 Å². The number of carbonyl (C=O) groups is 1. The number of ether oxygens (including phenoxy) is 2. The largest absolute Gasteiger partial charge is 0.482 e. The molecule has 0 amide bonds. The maximum absolute atomic E-state index is 11.9. The van der Waals surface area contributed by atoms with Gasteiger partial charge >= 0.3 is 5.97 Å². The van der Waals surface area contributed by atoms with Crippen molar-refractivity contribution in [3.05, 3.63) is 83.3 Å². The fourth-order valence-electron chi connectivity index (χ4n) is 2.18. The van der Waals surface area contributed by atoms with Gasteiger partial charge in [0.15, 0.2) is 6.61 Å². The van der Waals surface area contributed by atoms with E-state index in [1.165, 1.54) is 0 Å². The van der Waals surface area contributed by atoms with Crippen LogP contribution in [0.1, 0.15) is 0 Å². The summed E-state index contributed by atoms with van der Waals surface area (Å²) in [4.78, 5) is 11.9. The molecule has 0 aromatic heterocycles. The maximum Gasteiger partial charge on any atom is 0.349 e. The van der Waals surface area contributed by atoms with Gasteiger partial charge in [-0.05, 0) is 47.5 Å². The minimum atomic E-state index is -0.439. The summed E-state index contributed by atoms with van der Waals surface area (Å²) in [5, 5.41) is 0. The van der Waals surface area contributed by atoms with Gasteiger partial charge in [-0.15, -0.1) is 0 Å². The van der Waals surface area contributed by atoms with Crippen molar-refractivity contribution in [1.82, 2.24) is 0 Å². The topological polar surface area (TPSA) is 35.5 Å². The zero-order chi connectivity index (χ0) is 16.8. The predicted molar refractivity (Wildman–Crippen MR) is 97.2 cm³/mol. The van der Waals surface area contributed by atoms with E-state index in [1.807, 2.05) is 54.6 Å². The Kier molecular flexibility index (Phi) is 5.29. The van der Waals surface area contributed by atoms with Gasteiger partial charge in [-0.2, -0.15) is 0 Å². The number of esters is 1. The van der Waals surface area contributed by atoms with Crippen molar-refractivity contribution < 1.29 is 14.3 Å². The van der Waals surface area contributed by atoms with E-state index in [9.17, 15) is 4.79 Å². The monoisotopic (exact) mass is 382 g/mol. The van der Waals surface area contributed by atoms with Crippen LogP contribution in [-0.2, 0) is 4.79 Å². The lowest BCUT2D eigenvalue weighted by Crippen LogP contribution is -2.17. The van der Waals surface area contributed by atoms with Crippen molar-refractivity contribution in [2.75, 3.05) is 6.61 Å². The van der Waals surface area contributed by atoms with E-state index in [4.69, 9.17) is 9.47 Å². The molecule has 0 heterocycles. The highest BCUT2D eigenvalue weighted by Gasteiger charge is 2.07. The van der Waals surface area contributed by atoms with Crippen LogP contribution in [-0.4, -0.2) is 12.6 Å². The van der Waals surface area contributed by atoms with E-state index in [-0.39, 0.29) is 6.61 Å². The molecule has 3 nitrogen and oxygen atoms in total. The van der Waals surface area contributed by atoms with E-state index in [0.717, 1.165) is 15.6 Å². The number of hydrogen-bond acceptors (Lipinski definition) is 3. The fourth-order valence-corrected chi connectivity index (χ4v) is 2.44. The first-order chi connectivity index (χ1) is 11.7. The molecule has 3 aromatic rings. The van der Waals surface area contributed by atoms with Crippen LogP contribution in [0.4, 0.5) is 0 Å². The van der Waals surface area contributed by atoms with Gasteiger partial charge in [0.2, 0.25) is 0 Å². The molecule has 0 atom stereocenters. The zero-order valence-corrected chi connectivity index (χ0v) is 14.4. The number of carbonyl (C=O) groups excluding carboxylic acids is 1. The van der Waals surface area contributed by atoms with Gasteiger partial charge in [-0.25, -0.2) is 4.79 Å². The van der Waals surface area contributed by atoms with Crippen molar-refractivity contribution in [2.24, 2.45) is 0 Å². The number of halogens is 1. The second kappa shape index (κ2) is 7.79. The third kappa shape index (κ3) is 4.46. The Labute approximate surface area is 149 Å². The third-order valence-corrected chi connectivity index (χ3v) is 3.89. The summed E-state index contributed by atoms with van der Waals surface area (Å²) in [6.45, 7) is -0.137. The smallest absolute Gasteiger partial charge is 0.349 e. The first-order valence-corrected chi connectivity index (χ1v) is 8.24. The average Bonchev–Trinajstić information content (AvgIpc) is 2.63. The Morgan fingerprint density at radius 2 is 1.33 bits per heavy atom. The summed E-state index contributed by atoms with van der Waals surface area (Å²) in [5.41, 5.74) is 2.19. The molecule has 0 aliphatic carbocycles. The Bertz CT molecular complexity index is 797. The van der Waals surface area contributed by atoms with Crippen LogP contribution in [0.3, 0.4) is 0 Å². The molecule has 0 aliphatic rings. The Morgan fingerprint density at radius 3 is 2.00 bits per heavy atom. The van der Waals surface area contributed by atoms with Crippen LogP contribution in [0.5, 0.6) is 11.5 Å². The molecule has 3 aromatic carbocycles. The number of rotatable bonds is 5. The van der Waals surface area contributed by atoms with E-state index in [2.05, 4.69) is 15.9 Å². The zero-order valence-electron chi connectivity index (χ0n) is 12.8. The van der Waals surface area contributed by atoms with Gasteiger partial charge in [-0.1, -0.05) is 58.4 Å². The summed E-state index contributed by atoms with van der Waals surface area (Å²) in [6.07, 6.45) is 0. The Balaban J connectivity index is 1.55. The van der Waals surface area contributed by atoms with Crippen LogP contribution < -0.4 is 9.47 Å². The summed E-state index contributed by atoms with van der Waals surface area (Å²) >= 11 is 3.35. The molecule has 120 valence electrons. The minimum Gasteiger partial charge on any atom is -0.482 e. The van der Waals surface area contributed by atoms with Gasteiger partial charge in [0, 0.05) is 4.47 Å². The van der Waals surface area contributed by atoms with Crippen molar-refractivity contribution in [2.45, 2.75) is 0 Å². The minimum absolute atomic E-state index is 0.137. The van der Waals surface area contributed by atoms with Crippen LogP contribution in [0, 0.1) is 0 Å². The highest BCUT2D eigenvalue weighted by atomic mass is 79.9. The average molecular weight is 383 g/mol. The summed E-state index contributed by atoms with van der Waals surface area (Å²) in [5.74, 6) is 0.680. The standard InChI is InChI=1S/C20H15BrO3/c21-17-8-12-18(13-9-17)23-14-20(22)24-19-10-6-16(7-11-19)15-4-2-1-3-5-15/h1-13H,14H2. The second-order valence-corrected chi connectivity index (χ2v) is 6.02. The molecule has 0 unspecified atom stereocenters. The lowest BCUT2D eigenvalue weighted by atomic mass is 10.1. The first-order valence-electron chi connectivity index (χ1n) is 7.45. The van der Waals surface area contributed by atoms with Gasteiger partial charge in [-0.3, -0.25) is 0 Å². The van der Waals surface area contributed by atoms with E-state index >= 15 is 0 Å². The molecule has 0 bridgehead atoms. The second-order valence-electron chi connectivity index (χ2n) is 5.11. The Hall–Kier alpha value is -2.59. The predicted octanol–water partition coefficient (Wildman–Crippen LogP) is 5.10. The van der Waals surface area contributed by atoms with Gasteiger partial charge in [0.25, 0.3) is 0 Å². The number of hydrogen-bond donors (Lipinski definition) is 0. The first kappa shape index (κ1) is 16.3. The number of benzene rings is 3. The van der Waals surface area contributed by atoms with Crippen molar-refractivity contribution in [1.29, 1.82) is 0 Å². The molecule has 0 spiro atoms. The quantitative estimate of drug-likeness (QED) is 0.454. The fraction of sp³-hybridized carbons (Fsp3) is 0.0500. The van der Waals surface area contributed by atoms with Gasteiger partial charge in [0.1, 0.15) is 11.5 Å². The van der Waals surface area contributed by atoms with Gasteiger partial charge in [0.05, 0.1) is 0 Å². The normalized spacial score (nSPS) is 10.2. The van der Waals surface area contributed by atoms with Crippen LogP contribution >= 0.6 is 15.9 Å². The van der Waals surface area contributed by atoms with Crippen molar-refractivity contribution in [3.8, 4) is 22.6 Å². The maximum atomic E-state index is 11.9. The molecular weight excluding hydrogens is 368 g/mol. The molecule has 0 saturated carbocycles. The van der Waals surface area contributed by atoms with Crippen molar-refractivity contribution in [3.63, 3.8) is 0 Å². The highest BCUT2D eigenvalue weighted by Crippen LogP contribution is 2.22. The lowest BCUT2D eigenvalue weighted by molar-refractivity contribution is -0.136. The van der Waals surface area contributed by atoms with Crippen LogP contribution in [0.2, 0.25) is 0 Å². The van der Waals surface area contributed by atoms with E-state index < -0.39 is 5.97 Å². The highest BCUT2D eigenvalue weighted by molar-refractivity contribution is 9.10. The summed E-state index contributed by atoms with van der Waals surface area (Å²) in [6, 6.07) is 24.7. The SMILES string of the molecule is O=C(COc1ccc(Br)cc1)Oc1ccc(-c2ccccc2)cc1. The van der Waals surface area contributed by atoms with Crippen molar-refractivity contribution >= 4 is 21.9 Å². The molecule has 0 N–H and O–H groups in total. The van der Waals surface area contributed by atoms with Crippen LogP contribution in [0.25, 0.3) is 11.1 Å². The van der Waals surface area contributed by atoms with Crippen LogP contribution in [0.15, 0.2) is 83.3 Å². The summed E-state index contributed by atoms with van der Waals surface area (Å²) < 4.78 is 11.6. The van der Waals surface area contributed by atoms with Gasteiger partial charge < -0.3 is 9.47 Å². The molecule has 0 saturated heterocycles. The molecular formula is C20H15BrO3. The van der Waals surface area contributed by atoms with E-state index in [0.29, 0.717) is 11.5 Å². The summed E-state index contributed by atoms with van der Waals surface area (Å²) in [7, 11) is 0. The molecule has 0 aliphatic heterocycles. The molecule has 0 radical (unpaired) electrons. The molecule has 24 heavy (non-hydrogen) atoms. The molecule has 3 rings (SSSR count). The molecule has 0 fully saturated rings. The molecule has 4 heteroatoms. The third-order valence-electron chi connectivity index (χ3n) is 3.36. The Morgan fingerprint density at radius 1 is 0.750 bits per heavy atom. The lowest BCUT2D eigenvalue weighted by Gasteiger charge is -2.08.